The van der Waals surface area contributed by atoms with E-state index in [1.165, 1.54) is 13.0 Å². The van der Waals surface area contributed by atoms with Gasteiger partial charge in [-0.2, -0.15) is 26.3 Å². The second-order valence-electron chi connectivity index (χ2n) is 15.7. The summed E-state index contributed by atoms with van der Waals surface area (Å²) in [5.41, 5.74) is -4.48. The summed E-state index contributed by atoms with van der Waals surface area (Å²) >= 11 is 0. The van der Waals surface area contributed by atoms with E-state index in [1.54, 1.807) is 34.6 Å². The number of ketones is 2. The molecule has 17 heteroatoms. The Hall–Kier alpha value is -4.22. The molecule has 2 aromatic rings. The Morgan fingerprint density at radius 2 is 1.47 bits per heavy atom. The Bertz CT molecular complexity index is 1860. The molecule has 2 unspecified atom stereocenters. The van der Waals surface area contributed by atoms with E-state index in [2.05, 4.69) is 5.32 Å². The van der Waals surface area contributed by atoms with Gasteiger partial charge in [0.2, 0.25) is 5.91 Å². The van der Waals surface area contributed by atoms with E-state index in [4.69, 9.17) is 5.73 Å². The standard InChI is InChI=1S/C36H41F6N3O8/c1-13(2)18-10-20(45-31(52)44-17-8-15(35(37,38)39)7-16(9-17)36(40,41)42)25(46)21-19(18)11-32(5)12-33(6)23(14(3)4)27(48)22(30(43)51)28(49)34(33,53)29(50)24(32)26(21)47/h7-10,13-14,22-24,27,29,46,48,50,53H,11-12H2,1-6H3,(H2,43,51)(H2,44,45,52)/t22-,23+,24-,27?,29?,32-,33-,34+/m1/s1. The molecule has 0 heterocycles. The van der Waals surface area contributed by atoms with Crippen LogP contribution in [-0.2, 0) is 28.4 Å². The zero-order chi connectivity index (χ0) is 40.1. The van der Waals surface area contributed by atoms with Crippen LogP contribution >= 0.6 is 0 Å². The number of amides is 3. The van der Waals surface area contributed by atoms with Gasteiger partial charge in [0.25, 0.3) is 0 Å². The van der Waals surface area contributed by atoms with Crippen LogP contribution in [0.15, 0.2) is 24.3 Å². The molecular weight excluding hydrogens is 716 g/mol. The molecule has 3 aliphatic rings. The van der Waals surface area contributed by atoms with E-state index >= 15 is 0 Å². The monoisotopic (exact) mass is 757 g/mol. The molecule has 2 aromatic carbocycles. The van der Waals surface area contributed by atoms with Crippen molar-refractivity contribution < 1.29 is 65.9 Å². The predicted molar refractivity (Wildman–Crippen MR) is 177 cm³/mol. The summed E-state index contributed by atoms with van der Waals surface area (Å²) in [4.78, 5) is 54.0. The van der Waals surface area contributed by atoms with E-state index in [-0.39, 0.29) is 31.0 Å². The average Bonchev–Trinajstić information content (AvgIpc) is 2.98. The predicted octanol–water partition coefficient (Wildman–Crippen LogP) is 5.38. The number of phenols is 1. The van der Waals surface area contributed by atoms with E-state index in [0.29, 0.717) is 11.1 Å². The molecule has 0 spiro atoms. The highest BCUT2D eigenvalue weighted by molar-refractivity contribution is 6.10. The second-order valence-corrected chi connectivity index (χ2v) is 15.7. The molecule has 8 atom stereocenters. The highest BCUT2D eigenvalue weighted by Crippen LogP contribution is 2.66. The average molecular weight is 758 g/mol. The molecule has 0 radical (unpaired) electrons. The third-order valence-corrected chi connectivity index (χ3v) is 11.5. The maximum atomic E-state index is 14.6. The van der Waals surface area contributed by atoms with Crippen LogP contribution in [0.25, 0.3) is 0 Å². The minimum atomic E-state index is -5.20. The van der Waals surface area contributed by atoms with Gasteiger partial charge in [0.1, 0.15) is 17.8 Å². The topological polar surface area (TPSA) is 199 Å². The number of nitrogens with one attached hydrogen (secondary N) is 2. The molecule has 0 aliphatic heterocycles. The summed E-state index contributed by atoms with van der Waals surface area (Å²) in [6.07, 6.45) is -14.3. The first-order valence-electron chi connectivity index (χ1n) is 16.8. The van der Waals surface area contributed by atoms with Crippen molar-refractivity contribution >= 4 is 34.9 Å². The first kappa shape index (κ1) is 40.0. The van der Waals surface area contributed by atoms with Crippen molar-refractivity contribution in [1.82, 2.24) is 0 Å². The largest absolute Gasteiger partial charge is 0.505 e. The van der Waals surface area contributed by atoms with Gasteiger partial charge in [-0.25, -0.2) is 4.79 Å². The van der Waals surface area contributed by atoms with Gasteiger partial charge in [-0.3, -0.25) is 14.4 Å². The first-order chi connectivity index (χ1) is 24.1. The van der Waals surface area contributed by atoms with Crippen LogP contribution in [0, 0.1) is 34.5 Å². The number of benzene rings is 2. The molecule has 5 rings (SSSR count). The Balaban J connectivity index is 1.60. The molecule has 53 heavy (non-hydrogen) atoms. The van der Waals surface area contributed by atoms with Crippen LogP contribution in [0.2, 0.25) is 0 Å². The number of hydrogen-bond acceptors (Lipinski definition) is 8. The maximum absolute atomic E-state index is 14.6. The SMILES string of the molecule is CC(C)c1cc(NC(=O)Nc2cc(C(F)(F)F)cc(C(F)(F)F)c2)c(O)c2c1C[C@]1(C)C[C@]3(C)[C@@H](C(C)C)C(O)[C@@H](C(N)=O)C(=O)[C@]3(O)C(O)[C@H]1C2=O. The van der Waals surface area contributed by atoms with Crippen LogP contribution in [0.5, 0.6) is 5.75 Å². The number of primary amides is 1. The van der Waals surface area contributed by atoms with Crippen LogP contribution < -0.4 is 16.4 Å². The number of aliphatic hydroxyl groups is 3. The van der Waals surface area contributed by atoms with Crippen LogP contribution in [0.4, 0.5) is 42.5 Å². The number of aliphatic hydroxyl groups excluding tert-OH is 2. The van der Waals surface area contributed by atoms with Crippen LogP contribution in [0.1, 0.15) is 86.5 Å². The highest BCUT2D eigenvalue weighted by Gasteiger charge is 2.76. The fraction of sp³-hybridized carbons (Fsp3) is 0.556. The minimum absolute atomic E-state index is 0.0200. The third kappa shape index (κ3) is 6.13. The number of fused-ring (bicyclic) bond motifs is 3. The number of carbonyl (C=O) groups excluding carboxylic acids is 4. The number of alkyl halides is 6. The minimum Gasteiger partial charge on any atom is -0.505 e. The molecule has 290 valence electrons. The molecule has 2 fully saturated rings. The van der Waals surface area contributed by atoms with Gasteiger partial charge in [0.05, 0.1) is 34.4 Å². The lowest BCUT2D eigenvalue weighted by Crippen LogP contribution is -2.79. The van der Waals surface area contributed by atoms with Gasteiger partial charge in [0.15, 0.2) is 17.2 Å². The smallest absolute Gasteiger partial charge is 0.416 e. The van der Waals surface area contributed by atoms with Crippen LogP contribution in [0.3, 0.4) is 0 Å². The lowest BCUT2D eigenvalue weighted by molar-refractivity contribution is -0.265. The molecule has 11 nitrogen and oxygen atoms in total. The number of nitrogens with two attached hydrogens (primary N) is 1. The van der Waals surface area contributed by atoms with Crippen molar-refractivity contribution in [3.05, 3.63) is 52.1 Å². The third-order valence-electron chi connectivity index (χ3n) is 11.5. The number of carbonyl (C=O) groups is 4. The van der Waals surface area contributed by atoms with E-state index in [9.17, 15) is 65.9 Å². The number of phenolic OH excluding ortho intramolecular Hbond substituents is 1. The summed E-state index contributed by atoms with van der Waals surface area (Å²) < 4.78 is 80.4. The lowest BCUT2D eigenvalue weighted by atomic mass is 9.39. The van der Waals surface area contributed by atoms with Crippen molar-refractivity contribution in [2.75, 3.05) is 10.6 Å². The van der Waals surface area contributed by atoms with Crippen molar-refractivity contribution in [1.29, 1.82) is 0 Å². The Labute approximate surface area is 299 Å². The molecule has 0 saturated heterocycles. The molecule has 8 N–H and O–H groups in total. The number of Topliss-reactive ketones (excluding diaryl/α,β-unsaturated/α-hetero) is 2. The molecule has 0 aromatic heterocycles. The summed E-state index contributed by atoms with van der Waals surface area (Å²) in [7, 11) is 0. The number of halogens is 6. The Kier molecular flexibility index (Phi) is 9.57. The van der Waals surface area contributed by atoms with E-state index < -0.39 is 128 Å². The van der Waals surface area contributed by atoms with Gasteiger partial charge in [0, 0.05) is 11.1 Å². The number of urea groups is 1. The second kappa shape index (κ2) is 12.7. The fourth-order valence-electron chi connectivity index (χ4n) is 9.55. The molecular formula is C36H41F6N3O8. The van der Waals surface area contributed by atoms with E-state index in [1.807, 2.05) is 5.32 Å². The molecule has 3 aliphatic carbocycles. The molecule has 0 bridgehead atoms. The lowest BCUT2D eigenvalue weighted by Gasteiger charge is -2.66. The Morgan fingerprint density at radius 1 is 0.925 bits per heavy atom. The van der Waals surface area contributed by atoms with Gasteiger partial charge < -0.3 is 36.8 Å². The van der Waals surface area contributed by atoms with Crippen molar-refractivity contribution in [3.63, 3.8) is 0 Å². The number of aromatic hydroxyl groups is 1. The highest BCUT2D eigenvalue weighted by atomic mass is 19.4. The number of rotatable bonds is 5. The maximum Gasteiger partial charge on any atom is 0.416 e. The first-order valence-corrected chi connectivity index (χ1v) is 16.8. The summed E-state index contributed by atoms with van der Waals surface area (Å²) in [6.45, 7) is 10.0. The summed E-state index contributed by atoms with van der Waals surface area (Å²) in [6, 6.07) is 0.384. The van der Waals surface area contributed by atoms with Crippen molar-refractivity contribution in [2.24, 2.45) is 40.2 Å². The zero-order valence-corrected chi connectivity index (χ0v) is 29.5. The van der Waals surface area contributed by atoms with Crippen molar-refractivity contribution in [2.45, 2.75) is 90.5 Å². The molecule has 3 amide bonds. The normalized spacial score (nSPS) is 31.5. The fourth-order valence-corrected chi connectivity index (χ4v) is 9.55. The zero-order valence-electron chi connectivity index (χ0n) is 29.5. The quantitative estimate of drug-likeness (QED) is 0.120. The molecule has 2 saturated carbocycles. The Morgan fingerprint density at radius 3 is 1.94 bits per heavy atom. The van der Waals surface area contributed by atoms with Gasteiger partial charge in [-0.15, -0.1) is 0 Å². The van der Waals surface area contributed by atoms with Crippen LogP contribution in [-0.4, -0.2) is 61.7 Å². The number of anilines is 2. The van der Waals surface area contributed by atoms with Crippen molar-refractivity contribution in [3.8, 4) is 5.75 Å². The van der Waals surface area contributed by atoms with Gasteiger partial charge >= 0.3 is 18.4 Å². The van der Waals surface area contributed by atoms with Gasteiger partial charge in [-0.1, -0.05) is 41.5 Å². The number of hydrogen-bond donors (Lipinski definition) is 7. The summed E-state index contributed by atoms with van der Waals surface area (Å²) in [5.74, 6) is -9.61. The summed E-state index contributed by atoms with van der Waals surface area (Å²) in [5, 5.41) is 51.2. The van der Waals surface area contributed by atoms with Gasteiger partial charge in [-0.05, 0) is 71.4 Å². The van der Waals surface area contributed by atoms with E-state index in [0.717, 1.165) is 0 Å².